The maximum Gasteiger partial charge on any atom is 0.319 e. The molecule has 11 heteroatoms. The van der Waals surface area contributed by atoms with Crippen LogP contribution in [0.2, 0.25) is 5.02 Å². The zero-order valence-corrected chi connectivity index (χ0v) is 26.6. The van der Waals surface area contributed by atoms with Crippen molar-refractivity contribution in [1.29, 1.82) is 0 Å². The standard InChI is InChI=1S/C34H29BrClN7O2/c35-24-14-15-29(41-16-5-6-17-41)27(19-24)31-39-40-34-42(32(44)26-11-2-4-13-30(26)43(31)34)21-22-8-7-10-25(18-22)38-33(45)37-20-23-9-1-3-12-28(23)36/h1-4,7-15,18-19H,5-6,16-17,20-21H2,(H2,37,38,45). The van der Waals surface area contributed by atoms with Crippen molar-refractivity contribution in [2.45, 2.75) is 25.9 Å². The Morgan fingerprint density at radius 3 is 2.56 bits per heavy atom. The van der Waals surface area contributed by atoms with Crippen molar-refractivity contribution in [3.8, 4) is 11.4 Å². The van der Waals surface area contributed by atoms with Crippen LogP contribution in [0, 0.1) is 0 Å². The minimum absolute atomic E-state index is 0.165. The number of para-hydroxylation sites is 1. The van der Waals surface area contributed by atoms with E-state index in [9.17, 15) is 9.59 Å². The van der Waals surface area contributed by atoms with Crippen molar-refractivity contribution in [1.82, 2.24) is 24.5 Å². The zero-order valence-electron chi connectivity index (χ0n) is 24.2. The number of rotatable bonds is 7. The normalized spacial score (nSPS) is 13.1. The molecule has 1 aliphatic heterocycles. The topological polar surface area (TPSA) is 96.6 Å². The predicted octanol–water partition coefficient (Wildman–Crippen LogP) is 7.10. The van der Waals surface area contributed by atoms with E-state index in [4.69, 9.17) is 11.6 Å². The lowest BCUT2D eigenvalue weighted by atomic mass is 10.1. The Morgan fingerprint density at radius 1 is 0.911 bits per heavy atom. The van der Waals surface area contributed by atoms with E-state index in [2.05, 4.69) is 53.8 Å². The van der Waals surface area contributed by atoms with Gasteiger partial charge in [0.25, 0.3) is 5.56 Å². The molecule has 7 rings (SSSR count). The summed E-state index contributed by atoms with van der Waals surface area (Å²) in [5.74, 6) is 1.11. The Balaban J connectivity index is 1.24. The number of carbonyl (C=O) groups is 1. The highest BCUT2D eigenvalue weighted by Gasteiger charge is 2.23. The van der Waals surface area contributed by atoms with Gasteiger partial charge in [0.2, 0.25) is 5.78 Å². The largest absolute Gasteiger partial charge is 0.371 e. The van der Waals surface area contributed by atoms with Crippen molar-refractivity contribution < 1.29 is 4.79 Å². The van der Waals surface area contributed by atoms with Crippen LogP contribution in [0.1, 0.15) is 24.0 Å². The summed E-state index contributed by atoms with van der Waals surface area (Å²) in [6.07, 6.45) is 2.30. The molecule has 0 saturated carbocycles. The monoisotopic (exact) mass is 681 g/mol. The molecule has 2 aromatic heterocycles. The van der Waals surface area contributed by atoms with Gasteiger partial charge in [0.05, 0.1) is 17.4 Å². The Kier molecular flexibility index (Phi) is 7.99. The first-order valence-electron chi connectivity index (χ1n) is 14.7. The Hall–Kier alpha value is -4.67. The maximum absolute atomic E-state index is 13.9. The molecule has 0 unspecified atom stereocenters. The fourth-order valence-electron chi connectivity index (χ4n) is 5.92. The maximum atomic E-state index is 13.9. The quantitative estimate of drug-likeness (QED) is 0.187. The van der Waals surface area contributed by atoms with Gasteiger partial charge in [0, 0.05) is 46.1 Å². The molecule has 0 spiro atoms. The second kappa shape index (κ2) is 12.4. The van der Waals surface area contributed by atoms with Gasteiger partial charge in [-0.05, 0) is 72.5 Å². The smallest absolute Gasteiger partial charge is 0.319 e. The third kappa shape index (κ3) is 5.79. The van der Waals surface area contributed by atoms with E-state index in [1.807, 2.05) is 71.1 Å². The molecule has 45 heavy (non-hydrogen) atoms. The summed E-state index contributed by atoms with van der Waals surface area (Å²) in [4.78, 5) is 29.0. The van der Waals surface area contributed by atoms with E-state index in [0.29, 0.717) is 34.2 Å². The van der Waals surface area contributed by atoms with Gasteiger partial charge in [-0.3, -0.25) is 13.8 Å². The summed E-state index contributed by atoms with van der Waals surface area (Å²) in [7, 11) is 0. The molecule has 0 atom stereocenters. The van der Waals surface area contributed by atoms with E-state index in [-0.39, 0.29) is 18.1 Å². The predicted molar refractivity (Wildman–Crippen MR) is 182 cm³/mol. The van der Waals surface area contributed by atoms with Crippen LogP contribution in [0.3, 0.4) is 0 Å². The van der Waals surface area contributed by atoms with E-state index in [0.717, 1.165) is 58.3 Å². The van der Waals surface area contributed by atoms with E-state index >= 15 is 0 Å². The van der Waals surface area contributed by atoms with Crippen molar-refractivity contribution in [2.24, 2.45) is 0 Å². The summed E-state index contributed by atoms with van der Waals surface area (Å²) in [6, 6.07) is 28.2. The third-order valence-corrected chi connectivity index (χ3v) is 8.94. The Labute approximate surface area is 272 Å². The van der Waals surface area contributed by atoms with Gasteiger partial charge in [-0.15, -0.1) is 10.2 Å². The zero-order chi connectivity index (χ0) is 30.9. The lowest BCUT2D eigenvalue weighted by Gasteiger charge is -2.21. The number of anilines is 2. The molecule has 1 fully saturated rings. The molecule has 0 aliphatic carbocycles. The lowest BCUT2D eigenvalue weighted by molar-refractivity contribution is 0.251. The third-order valence-electron chi connectivity index (χ3n) is 8.08. The summed E-state index contributed by atoms with van der Waals surface area (Å²) in [6.45, 7) is 2.50. The first-order chi connectivity index (χ1) is 22.0. The number of hydrogen-bond donors (Lipinski definition) is 2. The average molecular weight is 683 g/mol. The number of halogens is 2. The second-order valence-electron chi connectivity index (χ2n) is 11.0. The van der Waals surface area contributed by atoms with Crippen LogP contribution in [0.5, 0.6) is 0 Å². The number of amides is 2. The van der Waals surface area contributed by atoms with Gasteiger partial charge < -0.3 is 15.5 Å². The van der Waals surface area contributed by atoms with Gasteiger partial charge in [0.15, 0.2) is 5.82 Å². The summed E-state index contributed by atoms with van der Waals surface area (Å²) in [5, 5.41) is 16.1. The number of benzene rings is 4. The van der Waals surface area contributed by atoms with Crippen LogP contribution in [0.4, 0.5) is 16.2 Å². The van der Waals surface area contributed by atoms with Crippen LogP contribution in [0.25, 0.3) is 28.1 Å². The molecule has 1 saturated heterocycles. The van der Waals surface area contributed by atoms with Gasteiger partial charge >= 0.3 is 6.03 Å². The van der Waals surface area contributed by atoms with Gasteiger partial charge in [-0.2, -0.15) is 0 Å². The average Bonchev–Trinajstić information content (AvgIpc) is 3.74. The highest BCUT2D eigenvalue weighted by molar-refractivity contribution is 9.10. The molecule has 4 aromatic carbocycles. The molecule has 9 nitrogen and oxygen atoms in total. The van der Waals surface area contributed by atoms with Crippen LogP contribution in [0.15, 0.2) is 100 Å². The fraction of sp³-hybridized carbons (Fsp3) is 0.176. The second-order valence-corrected chi connectivity index (χ2v) is 12.3. The molecule has 1 aliphatic rings. The van der Waals surface area contributed by atoms with E-state index in [1.54, 1.807) is 16.7 Å². The lowest BCUT2D eigenvalue weighted by Crippen LogP contribution is -2.28. The molecule has 0 radical (unpaired) electrons. The highest BCUT2D eigenvalue weighted by atomic mass is 79.9. The summed E-state index contributed by atoms with van der Waals surface area (Å²) in [5.41, 5.74) is 4.87. The first kappa shape index (κ1) is 29.1. The molecular weight excluding hydrogens is 654 g/mol. The number of carbonyl (C=O) groups excluding carboxylic acids is 1. The number of nitrogens with zero attached hydrogens (tertiary/aromatic N) is 5. The molecule has 6 aromatic rings. The molecule has 0 bridgehead atoms. The first-order valence-corrected chi connectivity index (χ1v) is 15.9. The SMILES string of the molecule is O=C(NCc1ccccc1Cl)Nc1cccc(Cn2c(=O)c3ccccc3n3c(-c4cc(Br)ccc4N4CCCC4)nnc23)c1. The Morgan fingerprint density at radius 2 is 1.71 bits per heavy atom. The van der Waals surface area contributed by atoms with Crippen molar-refractivity contribution in [3.05, 3.63) is 122 Å². The van der Waals surface area contributed by atoms with Crippen molar-refractivity contribution >= 4 is 61.6 Å². The van der Waals surface area contributed by atoms with Gasteiger partial charge in [0.1, 0.15) is 0 Å². The van der Waals surface area contributed by atoms with Crippen molar-refractivity contribution in [2.75, 3.05) is 23.3 Å². The van der Waals surface area contributed by atoms with Crippen LogP contribution in [-0.2, 0) is 13.1 Å². The molecule has 2 N–H and O–H groups in total. The van der Waals surface area contributed by atoms with Crippen LogP contribution in [-0.4, -0.2) is 38.3 Å². The van der Waals surface area contributed by atoms with Crippen LogP contribution >= 0.6 is 27.5 Å². The van der Waals surface area contributed by atoms with Gasteiger partial charge in [-0.25, -0.2) is 4.79 Å². The molecular formula is C34H29BrClN7O2. The molecule has 2 amide bonds. The summed E-state index contributed by atoms with van der Waals surface area (Å²) >= 11 is 9.87. The summed E-state index contributed by atoms with van der Waals surface area (Å²) < 4.78 is 4.56. The molecule has 226 valence electrons. The minimum atomic E-state index is -0.359. The highest BCUT2D eigenvalue weighted by Crippen LogP contribution is 2.35. The van der Waals surface area contributed by atoms with Gasteiger partial charge in [-0.1, -0.05) is 70.0 Å². The number of nitrogens with one attached hydrogen (secondary N) is 2. The Bertz CT molecular complexity index is 2120. The van der Waals surface area contributed by atoms with E-state index < -0.39 is 0 Å². The minimum Gasteiger partial charge on any atom is -0.371 e. The molecule has 3 heterocycles. The number of fused-ring (bicyclic) bond motifs is 3. The van der Waals surface area contributed by atoms with Crippen molar-refractivity contribution in [3.63, 3.8) is 0 Å². The fourth-order valence-corrected chi connectivity index (χ4v) is 6.48. The van der Waals surface area contributed by atoms with E-state index in [1.165, 1.54) is 0 Å². The van der Waals surface area contributed by atoms with Crippen LogP contribution < -0.4 is 21.1 Å². The number of urea groups is 1. The number of aromatic nitrogens is 4. The number of hydrogen-bond acceptors (Lipinski definition) is 5.